The van der Waals surface area contributed by atoms with Gasteiger partial charge in [-0.25, -0.2) is 4.98 Å². The standard InChI is InChI=1S/C17H22N2O/c1-12(2)10-13-6-4-7-14(11-13)16(18)15-8-5-9-19-17(15)20-3/h4-9,11-12,16H,10,18H2,1-3H3. The van der Waals surface area contributed by atoms with Crippen molar-refractivity contribution in [3.05, 3.63) is 59.3 Å². The molecule has 1 aromatic heterocycles. The lowest BCUT2D eigenvalue weighted by molar-refractivity contribution is 0.390. The minimum absolute atomic E-state index is 0.217. The van der Waals surface area contributed by atoms with Gasteiger partial charge in [-0.05, 0) is 29.5 Å². The lowest BCUT2D eigenvalue weighted by Gasteiger charge is -2.16. The maximum atomic E-state index is 6.37. The Morgan fingerprint density at radius 3 is 2.70 bits per heavy atom. The second-order valence-electron chi connectivity index (χ2n) is 5.42. The fourth-order valence-electron chi connectivity index (χ4n) is 2.38. The van der Waals surface area contributed by atoms with Crippen LogP contribution in [0, 0.1) is 5.92 Å². The quantitative estimate of drug-likeness (QED) is 0.906. The van der Waals surface area contributed by atoms with Crippen LogP contribution in [-0.2, 0) is 6.42 Å². The first-order chi connectivity index (χ1) is 9.61. The zero-order valence-corrected chi connectivity index (χ0v) is 12.3. The maximum Gasteiger partial charge on any atom is 0.218 e. The molecule has 20 heavy (non-hydrogen) atoms. The number of nitrogens with zero attached hydrogens (tertiary/aromatic N) is 1. The summed E-state index contributed by atoms with van der Waals surface area (Å²) in [7, 11) is 1.62. The second-order valence-corrected chi connectivity index (χ2v) is 5.42. The van der Waals surface area contributed by atoms with Crippen molar-refractivity contribution in [2.45, 2.75) is 26.3 Å². The fourth-order valence-corrected chi connectivity index (χ4v) is 2.38. The average molecular weight is 270 g/mol. The SMILES string of the molecule is COc1ncccc1C(N)c1cccc(CC(C)C)c1. The number of aromatic nitrogens is 1. The van der Waals surface area contributed by atoms with Gasteiger partial charge in [0.05, 0.1) is 13.2 Å². The van der Waals surface area contributed by atoms with Crippen molar-refractivity contribution in [1.82, 2.24) is 4.98 Å². The summed E-state index contributed by atoms with van der Waals surface area (Å²) in [4.78, 5) is 4.21. The van der Waals surface area contributed by atoms with Gasteiger partial charge in [0.1, 0.15) is 0 Å². The Kier molecular flexibility index (Phi) is 4.74. The molecule has 1 unspecified atom stereocenters. The minimum Gasteiger partial charge on any atom is -0.481 e. The van der Waals surface area contributed by atoms with Crippen molar-refractivity contribution in [2.75, 3.05) is 7.11 Å². The molecule has 1 aromatic carbocycles. The highest BCUT2D eigenvalue weighted by Crippen LogP contribution is 2.26. The summed E-state index contributed by atoms with van der Waals surface area (Å²) in [5.74, 6) is 1.23. The van der Waals surface area contributed by atoms with Crippen molar-refractivity contribution >= 4 is 0 Å². The highest BCUT2D eigenvalue weighted by atomic mass is 16.5. The first kappa shape index (κ1) is 14.5. The van der Waals surface area contributed by atoms with Gasteiger partial charge in [0.2, 0.25) is 5.88 Å². The van der Waals surface area contributed by atoms with E-state index >= 15 is 0 Å². The number of rotatable bonds is 5. The van der Waals surface area contributed by atoms with Crippen LogP contribution >= 0.6 is 0 Å². The zero-order valence-electron chi connectivity index (χ0n) is 12.3. The van der Waals surface area contributed by atoms with Gasteiger partial charge < -0.3 is 10.5 Å². The van der Waals surface area contributed by atoms with E-state index < -0.39 is 0 Å². The maximum absolute atomic E-state index is 6.37. The van der Waals surface area contributed by atoms with Crippen LogP contribution in [0.3, 0.4) is 0 Å². The number of hydrogen-bond donors (Lipinski definition) is 1. The van der Waals surface area contributed by atoms with Crippen molar-refractivity contribution in [2.24, 2.45) is 11.7 Å². The minimum atomic E-state index is -0.217. The molecule has 0 fully saturated rings. The lowest BCUT2D eigenvalue weighted by Crippen LogP contribution is -2.14. The van der Waals surface area contributed by atoms with Gasteiger partial charge in [-0.3, -0.25) is 0 Å². The van der Waals surface area contributed by atoms with Crippen LogP contribution in [0.2, 0.25) is 0 Å². The van der Waals surface area contributed by atoms with Crippen LogP contribution in [0.25, 0.3) is 0 Å². The number of ether oxygens (including phenoxy) is 1. The molecule has 3 nitrogen and oxygen atoms in total. The molecule has 2 rings (SSSR count). The summed E-state index contributed by atoms with van der Waals surface area (Å²) < 4.78 is 5.29. The van der Waals surface area contributed by atoms with E-state index in [1.165, 1.54) is 5.56 Å². The normalized spacial score (nSPS) is 12.4. The van der Waals surface area contributed by atoms with Crippen LogP contribution in [0.1, 0.15) is 36.6 Å². The summed E-state index contributed by atoms with van der Waals surface area (Å²) in [5.41, 5.74) is 9.69. The van der Waals surface area contributed by atoms with E-state index in [1.807, 2.05) is 12.1 Å². The third-order valence-electron chi connectivity index (χ3n) is 3.28. The van der Waals surface area contributed by atoms with Gasteiger partial charge in [-0.15, -0.1) is 0 Å². The number of hydrogen-bond acceptors (Lipinski definition) is 3. The molecule has 0 saturated heterocycles. The molecule has 106 valence electrons. The summed E-state index contributed by atoms with van der Waals surface area (Å²) in [6, 6.07) is 12.1. The molecule has 0 amide bonds. The van der Waals surface area contributed by atoms with Crippen LogP contribution in [0.5, 0.6) is 5.88 Å². The Hall–Kier alpha value is -1.87. The van der Waals surface area contributed by atoms with Gasteiger partial charge in [0, 0.05) is 11.8 Å². The summed E-state index contributed by atoms with van der Waals surface area (Å²) in [6.07, 6.45) is 2.77. The topological polar surface area (TPSA) is 48.1 Å². The molecule has 0 radical (unpaired) electrons. The molecule has 0 aliphatic rings. The van der Waals surface area contributed by atoms with E-state index in [9.17, 15) is 0 Å². The van der Waals surface area contributed by atoms with E-state index in [0.29, 0.717) is 11.8 Å². The molecule has 0 saturated carbocycles. The van der Waals surface area contributed by atoms with Crippen LogP contribution in [-0.4, -0.2) is 12.1 Å². The molecule has 1 atom stereocenters. The van der Waals surface area contributed by atoms with Gasteiger partial charge in [-0.1, -0.05) is 44.2 Å². The number of nitrogens with two attached hydrogens (primary N) is 1. The second kappa shape index (κ2) is 6.53. The Balaban J connectivity index is 2.30. The number of pyridine rings is 1. The van der Waals surface area contributed by atoms with Crippen LogP contribution in [0.15, 0.2) is 42.6 Å². The Morgan fingerprint density at radius 1 is 1.20 bits per heavy atom. The molecule has 0 spiro atoms. The summed E-state index contributed by atoms with van der Waals surface area (Å²) in [6.45, 7) is 4.44. The Morgan fingerprint density at radius 2 is 2.00 bits per heavy atom. The van der Waals surface area contributed by atoms with E-state index in [-0.39, 0.29) is 6.04 Å². The summed E-state index contributed by atoms with van der Waals surface area (Å²) in [5, 5.41) is 0. The fraction of sp³-hybridized carbons (Fsp3) is 0.353. The Bertz CT molecular complexity index is 566. The first-order valence-electron chi connectivity index (χ1n) is 6.95. The molecule has 3 heteroatoms. The monoisotopic (exact) mass is 270 g/mol. The van der Waals surface area contributed by atoms with E-state index in [0.717, 1.165) is 17.5 Å². The predicted molar refractivity (Wildman–Crippen MR) is 81.8 cm³/mol. The number of methoxy groups -OCH3 is 1. The molecule has 0 aliphatic heterocycles. The van der Waals surface area contributed by atoms with Crippen molar-refractivity contribution in [1.29, 1.82) is 0 Å². The first-order valence-corrected chi connectivity index (χ1v) is 6.95. The van der Waals surface area contributed by atoms with Gasteiger partial charge in [0.25, 0.3) is 0 Å². The predicted octanol–water partition coefficient (Wildman–Crippen LogP) is 3.34. The smallest absolute Gasteiger partial charge is 0.218 e. The van der Waals surface area contributed by atoms with E-state index in [4.69, 9.17) is 10.5 Å². The third kappa shape index (κ3) is 3.36. The van der Waals surface area contributed by atoms with Crippen molar-refractivity contribution < 1.29 is 4.74 Å². The molecule has 2 aromatic rings. The van der Waals surface area contributed by atoms with Crippen molar-refractivity contribution in [3.8, 4) is 5.88 Å². The lowest BCUT2D eigenvalue weighted by atomic mass is 9.95. The van der Waals surface area contributed by atoms with Crippen LogP contribution in [0.4, 0.5) is 0 Å². The molecular formula is C17H22N2O. The summed E-state index contributed by atoms with van der Waals surface area (Å²) >= 11 is 0. The van der Waals surface area contributed by atoms with Crippen LogP contribution < -0.4 is 10.5 Å². The highest BCUT2D eigenvalue weighted by Gasteiger charge is 2.15. The highest BCUT2D eigenvalue weighted by molar-refractivity contribution is 5.38. The van der Waals surface area contributed by atoms with Gasteiger partial charge in [0.15, 0.2) is 0 Å². The molecule has 1 heterocycles. The largest absolute Gasteiger partial charge is 0.481 e. The zero-order chi connectivity index (χ0) is 14.5. The average Bonchev–Trinajstić information content (AvgIpc) is 2.46. The van der Waals surface area contributed by atoms with Gasteiger partial charge in [-0.2, -0.15) is 0 Å². The Labute approximate surface area is 120 Å². The molecule has 0 bridgehead atoms. The van der Waals surface area contributed by atoms with E-state index in [2.05, 4.69) is 43.1 Å². The van der Waals surface area contributed by atoms with Gasteiger partial charge >= 0.3 is 0 Å². The number of benzene rings is 1. The third-order valence-corrected chi connectivity index (χ3v) is 3.28. The molecule has 2 N–H and O–H groups in total. The molecule has 0 aliphatic carbocycles. The van der Waals surface area contributed by atoms with Crippen molar-refractivity contribution in [3.63, 3.8) is 0 Å². The molecular weight excluding hydrogens is 248 g/mol. The van der Waals surface area contributed by atoms with E-state index in [1.54, 1.807) is 13.3 Å².